The maximum absolute atomic E-state index is 11.3. The van der Waals surface area contributed by atoms with E-state index in [1.165, 1.54) is 83.1 Å². The van der Waals surface area contributed by atoms with Crippen LogP contribution in [0.5, 0.6) is 5.75 Å². The van der Waals surface area contributed by atoms with Gasteiger partial charge in [0, 0.05) is 0 Å². The number of ether oxygens (including phenoxy) is 1. The molecule has 0 bridgehead atoms. The third kappa shape index (κ3) is 16.2. The Balaban J connectivity index is 0.00000263. The average molecular weight is 445 g/mol. The van der Waals surface area contributed by atoms with Crippen molar-refractivity contribution in [3.63, 3.8) is 0 Å². The number of carbonyl (C=O) groups is 1. The lowest BCUT2D eigenvalue weighted by Crippen LogP contribution is -2.04. The first-order valence-corrected chi connectivity index (χ1v) is 12.7. The fourth-order valence-electron chi connectivity index (χ4n) is 3.26. The zero-order valence-corrected chi connectivity index (χ0v) is 19.2. The molecular formula is C23H40O6S. The summed E-state index contributed by atoms with van der Waals surface area (Å²) in [5, 5.41) is 6.89. The van der Waals surface area contributed by atoms with E-state index in [4.69, 9.17) is 14.6 Å². The molecule has 174 valence electrons. The van der Waals surface area contributed by atoms with Crippen LogP contribution >= 0.6 is 0 Å². The normalized spacial score (nSPS) is 10.9. The van der Waals surface area contributed by atoms with Gasteiger partial charge in [0.25, 0.3) is 16.6 Å². The van der Waals surface area contributed by atoms with Crippen LogP contribution < -0.4 is 4.74 Å². The monoisotopic (exact) mass is 444 g/mol. The van der Waals surface area contributed by atoms with Crippen molar-refractivity contribution in [1.82, 2.24) is 0 Å². The first-order chi connectivity index (χ1) is 14.5. The minimum Gasteiger partial charge on any atom is -0.492 e. The maximum Gasteiger partial charge on any atom is 0.298 e. The largest absolute Gasteiger partial charge is 0.492 e. The highest BCUT2D eigenvalue weighted by Crippen LogP contribution is 2.23. The van der Waals surface area contributed by atoms with Gasteiger partial charge in [-0.2, -0.15) is 8.42 Å². The van der Waals surface area contributed by atoms with E-state index >= 15 is 0 Å². The standard InChI is InChI=1S/C22H38O4S.CH2O2/c1-2-3-4-5-6-7-8-9-10-11-12-13-14-17-20-26-21-18-15-16-19-22(21)27(23,24)25;2-1-3/h15-16,18-19H,2-14,17,20H2,1H3,(H,23,24,25);1H,(H,2,3). The van der Waals surface area contributed by atoms with Crippen LogP contribution in [-0.4, -0.2) is 31.2 Å². The maximum atomic E-state index is 11.3. The summed E-state index contributed by atoms with van der Waals surface area (Å²) in [6, 6.07) is 6.21. The lowest BCUT2D eigenvalue weighted by atomic mass is 10.0. The lowest BCUT2D eigenvalue weighted by Gasteiger charge is -2.09. The highest BCUT2D eigenvalue weighted by molar-refractivity contribution is 7.86. The summed E-state index contributed by atoms with van der Waals surface area (Å²) < 4.78 is 37.3. The predicted molar refractivity (Wildman–Crippen MR) is 121 cm³/mol. The Bertz CT molecular complexity index is 630. The van der Waals surface area contributed by atoms with E-state index in [1.54, 1.807) is 18.2 Å². The van der Waals surface area contributed by atoms with Gasteiger partial charge in [0.2, 0.25) is 0 Å². The number of rotatable bonds is 17. The molecule has 0 aliphatic carbocycles. The van der Waals surface area contributed by atoms with Gasteiger partial charge >= 0.3 is 0 Å². The molecule has 0 aromatic heterocycles. The van der Waals surface area contributed by atoms with Crippen LogP contribution in [0.4, 0.5) is 0 Å². The third-order valence-electron chi connectivity index (χ3n) is 4.88. The summed E-state index contributed by atoms with van der Waals surface area (Å²) in [6.07, 6.45) is 18.2. The molecule has 7 heteroatoms. The quantitative estimate of drug-likeness (QED) is 0.162. The Labute approximate surface area is 182 Å². The molecule has 0 saturated carbocycles. The molecule has 0 unspecified atom stereocenters. The number of benzene rings is 1. The Kier molecular flexibility index (Phi) is 18.3. The van der Waals surface area contributed by atoms with Crippen LogP contribution in [0.3, 0.4) is 0 Å². The topological polar surface area (TPSA) is 101 Å². The van der Waals surface area contributed by atoms with Gasteiger partial charge in [-0.05, 0) is 18.6 Å². The predicted octanol–water partition coefficient (Wildman–Crippen LogP) is 6.49. The molecule has 0 amide bonds. The Morgan fingerprint density at radius 3 is 1.63 bits per heavy atom. The minimum absolute atomic E-state index is 0.157. The van der Waals surface area contributed by atoms with Gasteiger partial charge in [-0.1, -0.05) is 103 Å². The molecule has 0 aliphatic heterocycles. The Morgan fingerprint density at radius 2 is 1.20 bits per heavy atom. The van der Waals surface area contributed by atoms with E-state index in [1.807, 2.05) is 0 Å². The summed E-state index contributed by atoms with van der Waals surface area (Å²) >= 11 is 0. The fraction of sp³-hybridized carbons (Fsp3) is 0.696. The van der Waals surface area contributed by atoms with Gasteiger partial charge in [0.15, 0.2) is 0 Å². The van der Waals surface area contributed by atoms with Gasteiger partial charge in [-0.15, -0.1) is 0 Å². The summed E-state index contributed by atoms with van der Waals surface area (Å²) in [5.74, 6) is 0.231. The minimum atomic E-state index is -4.23. The Morgan fingerprint density at radius 1 is 0.800 bits per heavy atom. The molecule has 0 saturated heterocycles. The van der Waals surface area contributed by atoms with Crippen LogP contribution in [0.2, 0.25) is 0 Å². The second-order valence-electron chi connectivity index (χ2n) is 7.47. The average Bonchev–Trinajstić information content (AvgIpc) is 2.71. The van der Waals surface area contributed by atoms with Crippen LogP contribution in [-0.2, 0) is 14.9 Å². The van der Waals surface area contributed by atoms with E-state index in [0.717, 1.165) is 12.8 Å². The highest BCUT2D eigenvalue weighted by Gasteiger charge is 2.15. The van der Waals surface area contributed by atoms with Gasteiger partial charge < -0.3 is 9.84 Å². The molecule has 6 nitrogen and oxygen atoms in total. The first kappa shape index (κ1) is 28.4. The zero-order valence-electron chi connectivity index (χ0n) is 18.4. The third-order valence-corrected chi connectivity index (χ3v) is 5.78. The van der Waals surface area contributed by atoms with Gasteiger partial charge in [-0.25, -0.2) is 0 Å². The smallest absolute Gasteiger partial charge is 0.298 e. The van der Waals surface area contributed by atoms with Gasteiger partial charge in [-0.3, -0.25) is 9.35 Å². The molecule has 0 spiro atoms. The molecule has 0 aliphatic rings. The van der Waals surface area contributed by atoms with Crippen molar-refractivity contribution >= 4 is 16.6 Å². The number of unbranched alkanes of at least 4 members (excludes halogenated alkanes) is 13. The molecule has 0 radical (unpaired) electrons. The van der Waals surface area contributed by atoms with Crippen LogP contribution in [0.15, 0.2) is 29.2 Å². The summed E-state index contributed by atoms with van der Waals surface area (Å²) in [6.45, 7) is 2.49. The van der Waals surface area contributed by atoms with E-state index in [2.05, 4.69) is 6.92 Å². The van der Waals surface area contributed by atoms with Crippen molar-refractivity contribution in [2.45, 2.75) is 102 Å². The van der Waals surface area contributed by atoms with E-state index < -0.39 is 10.1 Å². The molecule has 0 heterocycles. The van der Waals surface area contributed by atoms with Gasteiger partial charge in [0.05, 0.1) is 6.61 Å². The van der Waals surface area contributed by atoms with E-state index in [-0.39, 0.29) is 17.1 Å². The second kappa shape index (κ2) is 19.4. The SMILES string of the molecule is CCCCCCCCCCCCCCCCOc1ccccc1S(=O)(=O)O.O=CO. The number of hydrogen-bond acceptors (Lipinski definition) is 4. The molecule has 1 rings (SSSR count). The van der Waals surface area contributed by atoms with Crippen LogP contribution in [0.1, 0.15) is 96.8 Å². The highest BCUT2D eigenvalue weighted by atomic mass is 32.2. The van der Waals surface area contributed by atoms with Crippen molar-refractivity contribution in [2.24, 2.45) is 0 Å². The van der Waals surface area contributed by atoms with Crippen LogP contribution in [0.25, 0.3) is 0 Å². The van der Waals surface area contributed by atoms with Crippen LogP contribution in [0, 0.1) is 0 Å². The zero-order chi connectivity index (χ0) is 22.5. The molecule has 2 N–H and O–H groups in total. The number of para-hydroxylation sites is 1. The van der Waals surface area contributed by atoms with Crippen molar-refractivity contribution in [3.05, 3.63) is 24.3 Å². The van der Waals surface area contributed by atoms with E-state index in [9.17, 15) is 13.0 Å². The number of hydrogen-bond donors (Lipinski definition) is 2. The fourth-order valence-corrected chi connectivity index (χ4v) is 3.89. The Hall–Kier alpha value is -1.60. The molecule has 0 fully saturated rings. The molecule has 1 aromatic carbocycles. The summed E-state index contributed by atoms with van der Waals surface area (Å²) in [4.78, 5) is 8.20. The summed E-state index contributed by atoms with van der Waals surface area (Å²) in [7, 11) is -4.23. The van der Waals surface area contributed by atoms with Crippen molar-refractivity contribution in [2.75, 3.05) is 6.61 Å². The second-order valence-corrected chi connectivity index (χ2v) is 8.86. The number of carboxylic acid groups (broad SMARTS) is 1. The van der Waals surface area contributed by atoms with E-state index in [0.29, 0.717) is 6.61 Å². The van der Waals surface area contributed by atoms with Crippen molar-refractivity contribution in [3.8, 4) is 5.75 Å². The molecule has 1 aromatic rings. The van der Waals surface area contributed by atoms with Gasteiger partial charge in [0.1, 0.15) is 10.6 Å². The molecule has 0 atom stereocenters. The molecular weight excluding hydrogens is 404 g/mol. The van der Waals surface area contributed by atoms with Crippen molar-refractivity contribution < 1.29 is 27.6 Å². The van der Waals surface area contributed by atoms with Crippen molar-refractivity contribution in [1.29, 1.82) is 0 Å². The molecule has 30 heavy (non-hydrogen) atoms. The summed E-state index contributed by atoms with van der Waals surface area (Å²) in [5.41, 5.74) is 0. The first-order valence-electron chi connectivity index (χ1n) is 11.2. The lowest BCUT2D eigenvalue weighted by molar-refractivity contribution is -0.122.